The van der Waals surface area contributed by atoms with Crippen LogP contribution in [-0.2, 0) is 0 Å². The lowest BCUT2D eigenvalue weighted by atomic mass is 10.1. The first kappa shape index (κ1) is 16.2. The van der Waals surface area contributed by atoms with E-state index in [0.29, 0.717) is 16.8 Å². The van der Waals surface area contributed by atoms with Crippen molar-refractivity contribution in [1.29, 1.82) is 0 Å². The van der Waals surface area contributed by atoms with Gasteiger partial charge in [0.1, 0.15) is 5.82 Å². The molecule has 0 saturated heterocycles. The monoisotopic (exact) mass is 376 g/mol. The Labute approximate surface area is 144 Å². The molecule has 0 amide bonds. The summed E-state index contributed by atoms with van der Waals surface area (Å²) in [7, 11) is 0. The van der Waals surface area contributed by atoms with Crippen LogP contribution in [0.4, 0.5) is 13.2 Å². The molecule has 2 aromatic carbocycles. The van der Waals surface area contributed by atoms with Gasteiger partial charge >= 0.3 is 0 Å². The maximum Gasteiger partial charge on any atom is 0.209 e. The Morgan fingerprint density at radius 2 is 1.43 bits per heavy atom. The van der Waals surface area contributed by atoms with Crippen molar-refractivity contribution < 1.29 is 13.2 Å². The van der Waals surface area contributed by atoms with E-state index in [-0.39, 0.29) is 16.1 Å². The Kier molecular flexibility index (Phi) is 4.27. The van der Waals surface area contributed by atoms with Gasteiger partial charge in [0.2, 0.25) is 5.28 Å². The zero-order valence-electron chi connectivity index (χ0n) is 11.1. The molecule has 0 aliphatic rings. The molecule has 0 bridgehead atoms. The SMILES string of the molecule is Fc1ccc(F)c(-c2c(Cl)nc(Cl)n2-c2ccc(Cl)cc2)c1F. The van der Waals surface area contributed by atoms with E-state index in [4.69, 9.17) is 34.8 Å². The van der Waals surface area contributed by atoms with Gasteiger partial charge in [-0.05, 0) is 48.0 Å². The number of imidazole rings is 1. The van der Waals surface area contributed by atoms with Crippen LogP contribution in [0.3, 0.4) is 0 Å². The van der Waals surface area contributed by atoms with Gasteiger partial charge < -0.3 is 0 Å². The van der Waals surface area contributed by atoms with Crippen LogP contribution in [0.15, 0.2) is 36.4 Å². The smallest absolute Gasteiger partial charge is 0.209 e. The molecule has 0 aliphatic heterocycles. The highest BCUT2D eigenvalue weighted by atomic mass is 35.5. The lowest BCUT2D eigenvalue weighted by molar-refractivity contribution is 0.498. The minimum atomic E-state index is -1.38. The van der Waals surface area contributed by atoms with Crippen LogP contribution in [0.1, 0.15) is 0 Å². The summed E-state index contributed by atoms with van der Waals surface area (Å²) in [6, 6.07) is 7.73. The summed E-state index contributed by atoms with van der Waals surface area (Å²) in [5.41, 5.74) is -0.422. The fourth-order valence-corrected chi connectivity index (χ4v) is 2.85. The van der Waals surface area contributed by atoms with Crippen LogP contribution in [0, 0.1) is 17.5 Å². The quantitative estimate of drug-likeness (QED) is 0.507. The van der Waals surface area contributed by atoms with Gasteiger partial charge in [-0.3, -0.25) is 4.57 Å². The van der Waals surface area contributed by atoms with Crippen molar-refractivity contribution >= 4 is 34.8 Å². The van der Waals surface area contributed by atoms with E-state index < -0.39 is 23.0 Å². The zero-order valence-corrected chi connectivity index (χ0v) is 13.4. The molecular formula is C15H6Cl3F3N2. The highest BCUT2D eigenvalue weighted by Crippen LogP contribution is 2.37. The first-order valence-electron chi connectivity index (χ1n) is 6.23. The topological polar surface area (TPSA) is 17.8 Å². The molecule has 1 heterocycles. The molecule has 0 spiro atoms. The van der Waals surface area contributed by atoms with Gasteiger partial charge in [0, 0.05) is 10.7 Å². The summed E-state index contributed by atoms with van der Waals surface area (Å²) in [6.45, 7) is 0. The number of hydrogen-bond acceptors (Lipinski definition) is 1. The second kappa shape index (κ2) is 6.07. The minimum absolute atomic E-state index is 0.129. The molecular weight excluding hydrogens is 372 g/mol. The predicted octanol–water partition coefficient (Wildman–Crippen LogP) is 5.92. The minimum Gasteiger partial charge on any atom is -0.281 e. The summed E-state index contributed by atoms with van der Waals surface area (Å²) >= 11 is 17.8. The Bertz CT molecular complexity index is 892. The lowest BCUT2D eigenvalue weighted by Crippen LogP contribution is -2.02. The number of rotatable bonds is 2. The predicted molar refractivity (Wildman–Crippen MR) is 83.9 cm³/mol. The summed E-state index contributed by atoms with van der Waals surface area (Å²) in [4.78, 5) is 3.80. The van der Waals surface area contributed by atoms with Crippen molar-refractivity contribution in [2.24, 2.45) is 0 Å². The Morgan fingerprint density at radius 3 is 2.09 bits per heavy atom. The molecule has 2 nitrogen and oxygen atoms in total. The van der Waals surface area contributed by atoms with Gasteiger partial charge in [-0.1, -0.05) is 23.2 Å². The fourth-order valence-electron chi connectivity index (χ4n) is 2.15. The standard InChI is InChI=1S/C15H6Cl3F3N2/c16-7-1-3-8(4-2-7)23-13(14(17)22-15(23)18)11-9(19)5-6-10(20)12(11)21/h1-6H. The van der Waals surface area contributed by atoms with Crippen LogP contribution in [0.2, 0.25) is 15.5 Å². The van der Waals surface area contributed by atoms with Gasteiger partial charge in [-0.15, -0.1) is 0 Å². The van der Waals surface area contributed by atoms with Gasteiger partial charge in [0.15, 0.2) is 16.8 Å². The molecule has 0 aliphatic carbocycles. The van der Waals surface area contributed by atoms with Crippen LogP contribution >= 0.6 is 34.8 Å². The average Bonchev–Trinajstić information content (AvgIpc) is 2.79. The first-order chi connectivity index (χ1) is 10.9. The maximum atomic E-state index is 14.1. The molecule has 118 valence electrons. The normalized spacial score (nSPS) is 11.0. The number of aromatic nitrogens is 2. The van der Waals surface area contributed by atoms with E-state index >= 15 is 0 Å². The van der Waals surface area contributed by atoms with Crippen molar-refractivity contribution in [2.75, 3.05) is 0 Å². The molecule has 0 fully saturated rings. The molecule has 1 aromatic heterocycles. The van der Waals surface area contributed by atoms with Gasteiger partial charge in [0.25, 0.3) is 0 Å². The Balaban J connectivity index is 2.34. The lowest BCUT2D eigenvalue weighted by Gasteiger charge is -2.12. The molecule has 0 N–H and O–H groups in total. The van der Waals surface area contributed by atoms with Crippen molar-refractivity contribution in [2.45, 2.75) is 0 Å². The third-order valence-corrected chi connectivity index (χ3v) is 3.93. The van der Waals surface area contributed by atoms with Crippen molar-refractivity contribution in [1.82, 2.24) is 9.55 Å². The largest absolute Gasteiger partial charge is 0.281 e. The highest BCUT2D eigenvalue weighted by Gasteiger charge is 2.25. The summed E-state index contributed by atoms with van der Waals surface area (Å²) < 4.78 is 42.9. The molecule has 0 saturated carbocycles. The van der Waals surface area contributed by atoms with E-state index in [2.05, 4.69) is 4.98 Å². The third kappa shape index (κ3) is 2.80. The molecule has 0 atom stereocenters. The summed E-state index contributed by atoms with van der Waals surface area (Å²) in [5.74, 6) is -3.58. The molecule has 0 radical (unpaired) electrons. The van der Waals surface area contributed by atoms with Crippen LogP contribution in [0.5, 0.6) is 0 Å². The van der Waals surface area contributed by atoms with Crippen LogP contribution in [0.25, 0.3) is 16.9 Å². The van der Waals surface area contributed by atoms with Crippen LogP contribution in [-0.4, -0.2) is 9.55 Å². The van der Waals surface area contributed by atoms with E-state index in [0.717, 1.165) is 6.07 Å². The van der Waals surface area contributed by atoms with Crippen molar-refractivity contribution in [3.63, 3.8) is 0 Å². The Morgan fingerprint density at radius 1 is 0.826 bits per heavy atom. The molecule has 0 unspecified atom stereocenters. The molecule has 23 heavy (non-hydrogen) atoms. The fraction of sp³-hybridized carbons (Fsp3) is 0. The molecule has 3 rings (SSSR count). The summed E-state index contributed by atoms with van der Waals surface area (Å²) in [6.07, 6.45) is 0. The van der Waals surface area contributed by atoms with Gasteiger partial charge in [-0.2, -0.15) is 0 Å². The third-order valence-electron chi connectivity index (χ3n) is 3.16. The molecule has 8 heteroatoms. The number of hydrogen-bond donors (Lipinski definition) is 0. The van der Waals surface area contributed by atoms with Gasteiger partial charge in [-0.25, -0.2) is 18.2 Å². The summed E-state index contributed by atoms with van der Waals surface area (Å²) in [5, 5.41) is 0.0736. The first-order valence-corrected chi connectivity index (χ1v) is 7.37. The van der Waals surface area contributed by atoms with Crippen molar-refractivity contribution in [3.8, 4) is 16.9 Å². The second-order valence-corrected chi connectivity index (χ2v) is 5.68. The van der Waals surface area contributed by atoms with E-state index in [1.54, 1.807) is 24.3 Å². The van der Waals surface area contributed by atoms with E-state index in [1.807, 2.05) is 0 Å². The van der Waals surface area contributed by atoms with E-state index in [1.165, 1.54) is 4.57 Å². The van der Waals surface area contributed by atoms with Crippen molar-refractivity contribution in [3.05, 3.63) is 69.3 Å². The van der Waals surface area contributed by atoms with Crippen LogP contribution < -0.4 is 0 Å². The number of halogens is 6. The Hall–Kier alpha value is -1.69. The molecule has 3 aromatic rings. The highest BCUT2D eigenvalue weighted by molar-refractivity contribution is 6.34. The number of benzene rings is 2. The van der Waals surface area contributed by atoms with E-state index in [9.17, 15) is 13.2 Å². The number of nitrogens with zero attached hydrogens (tertiary/aromatic N) is 2. The second-order valence-electron chi connectivity index (χ2n) is 4.55. The average molecular weight is 378 g/mol. The maximum absolute atomic E-state index is 14.1. The zero-order chi connectivity index (χ0) is 16.7. The van der Waals surface area contributed by atoms with Gasteiger partial charge in [0.05, 0.1) is 11.3 Å².